The van der Waals surface area contributed by atoms with Crippen LogP contribution >= 0.6 is 11.8 Å². The number of carbonyl (C=O) groups is 3. The third kappa shape index (κ3) is 3.30. The Hall–Kier alpha value is -3.15. The number of hydrogen-bond donors (Lipinski definition) is 3. The van der Waals surface area contributed by atoms with Crippen molar-refractivity contribution in [3.8, 4) is 0 Å². The van der Waals surface area contributed by atoms with Gasteiger partial charge < -0.3 is 21.0 Å². The van der Waals surface area contributed by atoms with Crippen molar-refractivity contribution in [1.29, 1.82) is 0 Å². The zero-order chi connectivity index (χ0) is 19.7. The molecule has 2 aliphatic rings. The van der Waals surface area contributed by atoms with Crippen molar-refractivity contribution in [2.75, 3.05) is 18.6 Å². The second-order valence-corrected chi connectivity index (χ2v) is 6.83. The van der Waals surface area contributed by atoms with E-state index in [-0.39, 0.29) is 23.1 Å². The predicted molar refractivity (Wildman–Crippen MR) is 95.3 cm³/mol. The van der Waals surface area contributed by atoms with Crippen LogP contribution in [0.15, 0.2) is 28.7 Å². The number of thioether (sulfide) groups is 1. The van der Waals surface area contributed by atoms with Gasteiger partial charge in [-0.2, -0.15) is 0 Å². The lowest BCUT2D eigenvalue weighted by molar-refractivity contribution is -0.150. The van der Waals surface area contributed by atoms with E-state index in [2.05, 4.69) is 25.3 Å². The molecule has 1 saturated heterocycles. The summed E-state index contributed by atoms with van der Waals surface area (Å²) in [7, 11) is 1.25. The summed E-state index contributed by atoms with van der Waals surface area (Å²) >= 11 is 1.37. The number of aliphatic carboxylic acids is 1. The molecule has 0 radical (unpaired) electrons. The smallest absolute Gasteiger partial charge is 0.352 e. The maximum Gasteiger partial charge on any atom is 0.352 e. The van der Waals surface area contributed by atoms with E-state index in [1.54, 1.807) is 6.92 Å². The Morgan fingerprint density at radius 3 is 2.89 bits per heavy atom. The molecule has 3 heterocycles. The van der Waals surface area contributed by atoms with Crippen molar-refractivity contribution in [2.45, 2.75) is 18.3 Å². The highest BCUT2D eigenvalue weighted by molar-refractivity contribution is 8.00. The number of carboxylic acid groups (broad SMARTS) is 1. The Bertz CT molecular complexity index is 885. The van der Waals surface area contributed by atoms with E-state index >= 15 is 0 Å². The molecular formula is C15H16N6O5S. The van der Waals surface area contributed by atoms with Crippen LogP contribution in [0.4, 0.5) is 5.82 Å². The number of carbonyl (C=O) groups excluding carboxylic acids is 2. The zero-order valence-electron chi connectivity index (χ0n) is 14.4. The third-order valence-corrected chi connectivity index (χ3v) is 5.36. The van der Waals surface area contributed by atoms with Gasteiger partial charge in [0.1, 0.15) is 30.0 Å². The minimum Gasteiger partial charge on any atom is -0.477 e. The summed E-state index contributed by atoms with van der Waals surface area (Å²) in [6.07, 6.45) is 1.36. The number of oxime groups is 1. The van der Waals surface area contributed by atoms with Crippen LogP contribution in [-0.2, 0) is 19.2 Å². The first kappa shape index (κ1) is 18.6. The highest BCUT2D eigenvalue weighted by Gasteiger charge is 2.54. The average molecular weight is 392 g/mol. The molecule has 1 aromatic rings. The normalized spacial score (nSPS) is 22.1. The monoisotopic (exact) mass is 392 g/mol. The summed E-state index contributed by atoms with van der Waals surface area (Å²) in [6, 6.07) is 0.549. The van der Waals surface area contributed by atoms with Crippen LogP contribution in [0.1, 0.15) is 12.7 Å². The first-order valence-electron chi connectivity index (χ1n) is 7.73. The Kier molecular flexibility index (Phi) is 4.99. The van der Waals surface area contributed by atoms with E-state index < -0.39 is 29.2 Å². The highest BCUT2D eigenvalue weighted by atomic mass is 32.2. The van der Waals surface area contributed by atoms with E-state index in [4.69, 9.17) is 5.73 Å². The summed E-state index contributed by atoms with van der Waals surface area (Å²) in [5.41, 5.74) is 5.90. The lowest BCUT2D eigenvalue weighted by Gasteiger charge is -2.49. The largest absolute Gasteiger partial charge is 0.477 e. The molecular weight excluding hydrogens is 376 g/mol. The molecule has 142 valence electrons. The minimum atomic E-state index is -1.18. The Morgan fingerprint density at radius 1 is 1.52 bits per heavy atom. The van der Waals surface area contributed by atoms with Gasteiger partial charge >= 0.3 is 5.97 Å². The molecule has 3 rings (SSSR count). The van der Waals surface area contributed by atoms with Crippen molar-refractivity contribution >= 4 is 41.1 Å². The number of rotatable bonds is 5. The van der Waals surface area contributed by atoms with Crippen LogP contribution in [0.5, 0.6) is 0 Å². The van der Waals surface area contributed by atoms with Gasteiger partial charge in [-0.25, -0.2) is 14.8 Å². The van der Waals surface area contributed by atoms with Crippen molar-refractivity contribution in [3.05, 3.63) is 29.4 Å². The minimum absolute atomic E-state index is 0.0424. The van der Waals surface area contributed by atoms with Crippen LogP contribution in [-0.4, -0.2) is 67.7 Å². The van der Waals surface area contributed by atoms with Gasteiger partial charge in [-0.05, 0) is 18.6 Å². The van der Waals surface area contributed by atoms with Crippen molar-refractivity contribution < 1.29 is 24.3 Å². The predicted octanol–water partition coefficient (Wildman–Crippen LogP) is -0.832. The molecule has 0 bridgehead atoms. The van der Waals surface area contributed by atoms with Crippen molar-refractivity contribution in [3.63, 3.8) is 0 Å². The molecule has 1 unspecified atom stereocenters. The number of nitrogen functional groups attached to an aromatic ring is 1. The summed E-state index contributed by atoms with van der Waals surface area (Å²) < 4.78 is 0. The highest BCUT2D eigenvalue weighted by Crippen LogP contribution is 2.40. The molecule has 27 heavy (non-hydrogen) atoms. The number of nitrogens with zero attached hydrogens (tertiary/aromatic N) is 4. The topological polar surface area (TPSA) is 160 Å². The lowest BCUT2D eigenvalue weighted by atomic mass is 10.0. The van der Waals surface area contributed by atoms with Gasteiger partial charge in [0.2, 0.25) is 5.71 Å². The number of nitrogens with two attached hydrogens (primary N) is 1. The maximum atomic E-state index is 12.6. The Labute approximate surface area is 157 Å². The van der Waals surface area contributed by atoms with Crippen LogP contribution in [0.2, 0.25) is 0 Å². The number of aromatic nitrogens is 2. The molecule has 12 heteroatoms. The fourth-order valence-electron chi connectivity index (χ4n) is 2.75. The third-order valence-electron chi connectivity index (χ3n) is 3.93. The van der Waals surface area contributed by atoms with E-state index in [0.717, 1.165) is 0 Å². The number of carboxylic acids is 1. The standard InChI is InChI=1S/C15H16N6O5S/c1-6-5-27-14-9(13(23)21(14)10(6)15(24)25)19-12(22)8(20-26-2)11-17-4-3-7(16)18-11/h3-4,9,14H,5H2,1-2H3,(H,19,22)(H,24,25)(H2,16,17,18)/t9?,14-/m0/s1. The molecule has 0 saturated carbocycles. The Balaban J connectivity index is 1.80. The molecule has 2 amide bonds. The molecule has 2 aliphatic heterocycles. The molecule has 4 N–H and O–H groups in total. The first-order valence-corrected chi connectivity index (χ1v) is 8.78. The summed E-state index contributed by atoms with van der Waals surface area (Å²) in [5.74, 6) is -1.90. The van der Waals surface area contributed by atoms with Crippen LogP contribution < -0.4 is 11.1 Å². The molecule has 1 fully saturated rings. The zero-order valence-corrected chi connectivity index (χ0v) is 15.2. The fraction of sp³-hybridized carbons (Fsp3) is 0.333. The van der Waals surface area contributed by atoms with Gasteiger partial charge in [0.15, 0.2) is 5.82 Å². The fourth-order valence-corrected chi connectivity index (χ4v) is 4.04. The van der Waals surface area contributed by atoms with Gasteiger partial charge in [0, 0.05) is 11.9 Å². The van der Waals surface area contributed by atoms with Crippen molar-refractivity contribution in [2.24, 2.45) is 5.16 Å². The number of hydrogen-bond acceptors (Lipinski definition) is 9. The second kappa shape index (κ2) is 7.23. The molecule has 2 atom stereocenters. The maximum absolute atomic E-state index is 12.6. The average Bonchev–Trinajstić information content (AvgIpc) is 2.63. The van der Waals surface area contributed by atoms with Gasteiger partial charge in [0.05, 0.1) is 0 Å². The van der Waals surface area contributed by atoms with Crippen LogP contribution in [0, 0.1) is 0 Å². The summed E-state index contributed by atoms with van der Waals surface area (Å²) in [6.45, 7) is 1.66. The van der Waals surface area contributed by atoms with E-state index in [1.165, 1.54) is 36.0 Å². The molecule has 0 spiro atoms. The summed E-state index contributed by atoms with van der Waals surface area (Å²) in [4.78, 5) is 50.2. The Morgan fingerprint density at radius 2 is 2.26 bits per heavy atom. The van der Waals surface area contributed by atoms with Gasteiger partial charge in [-0.15, -0.1) is 11.8 Å². The number of fused-ring (bicyclic) bond motifs is 1. The van der Waals surface area contributed by atoms with E-state index in [0.29, 0.717) is 11.3 Å². The van der Waals surface area contributed by atoms with Gasteiger partial charge in [-0.1, -0.05) is 5.16 Å². The second-order valence-electron chi connectivity index (χ2n) is 5.72. The number of β-lactam (4-membered cyclic amide) rings is 1. The van der Waals surface area contributed by atoms with E-state index in [1.807, 2.05) is 0 Å². The van der Waals surface area contributed by atoms with Gasteiger partial charge in [-0.3, -0.25) is 14.5 Å². The van der Waals surface area contributed by atoms with Gasteiger partial charge in [0.25, 0.3) is 11.8 Å². The number of amides is 2. The van der Waals surface area contributed by atoms with E-state index in [9.17, 15) is 19.5 Å². The quantitative estimate of drug-likeness (QED) is 0.330. The number of nitrogens with one attached hydrogen (secondary N) is 1. The SMILES string of the molecule is CON=C(C(=O)NC1C(=O)N2C(C(=O)O)=C(C)CS[C@@H]12)c1nccc(N)n1. The van der Waals surface area contributed by atoms with Crippen LogP contribution in [0.25, 0.3) is 0 Å². The van der Waals surface area contributed by atoms with Crippen LogP contribution in [0.3, 0.4) is 0 Å². The number of anilines is 1. The lowest BCUT2D eigenvalue weighted by Crippen LogP contribution is -2.71. The van der Waals surface area contributed by atoms with Crippen molar-refractivity contribution in [1.82, 2.24) is 20.2 Å². The molecule has 0 aromatic carbocycles. The molecule has 11 nitrogen and oxygen atoms in total. The first-order chi connectivity index (χ1) is 12.8. The summed E-state index contributed by atoms with van der Waals surface area (Å²) in [5, 5.41) is 15.0. The molecule has 0 aliphatic carbocycles. The molecule has 1 aromatic heterocycles.